The van der Waals surface area contributed by atoms with Crippen molar-refractivity contribution >= 4 is 40.2 Å². The molecule has 1 N–H and O–H groups in total. The first-order chi connectivity index (χ1) is 13.5. The summed E-state index contributed by atoms with van der Waals surface area (Å²) in [5.41, 5.74) is 1.29. The minimum atomic E-state index is -0.505. The van der Waals surface area contributed by atoms with E-state index in [9.17, 15) is 14.4 Å². The number of H-pyrrole nitrogens is 1. The number of aromatic amines is 1. The van der Waals surface area contributed by atoms with Crippen LogP contribution in [-0.4, -0.2) is 89.9 Å². The summed E-state index contributed by atoms with van der Waals surface area (Å²) in [6, 6.07) is 7.22. The summed E-state index contributed by atoms with van der Waals surface area (Å²) in [6.45, 7) is 3.24. The van der Waals surface area contributed by atoms with Gasteiger partial charge in [0.05, 0.1) is 13.2 Å². The SMILES string of the molecule is O=C(C(=O)N1CCN(C(=O)c2cc3ccc(Cl)cc3[nH]2)CC1)N1CCOCC1. The number of nitrogens with one attached hydrogen (secondary N) is 1. The molecule has 2 aliphatic heterocycles. The van der Waals surface area contributed by atoms with Gasteiger partial charge in [0.2, 0.25) is 0 Å². The number of benzene rings is 1. The van der Waals surface area contributed by atoms with Crippen LogP contribution in [0.25, 0.3) is 10.9 Å². The molecule has 2 saturated heterocycles. The van der Waals surface area contributed by atoms with Gasteiger partial charge in [-0.2, -0.15) is 0 Å². The molecule has 3 heterocycles. The number of carbonyl (C=O) groups is 3. The van der Waals surface area contributed by atoms with Gasteiger partial charge in [-0.1, -0.05) is 17.7 Å². The van der Waals surface area contributed by atoms with E-state index < -0.39 is 11.8 Å². The lowest BCUT2D eigenvalue weighted by Gasteiger charge is -2.35. The predicted molar refractivity (Wildman–Crippen MR) is 103 cm³/mol. The number of amides is 3. The molecule has 4 rings (SSSR count). The maximum absolute atomic E-state index is 12.8. The lowest BCUT2D eigenvalue weighted by Crippen LogP contribution is -2.55. The molecule has 2 aromatic rings. The number of halogens is 1. The van der Waals surface area contributed by atoms with Crippen LogP contribution in [0.15, 0.2) is 24.3 Å². The molecule has 2 aliphatic rings. The van der Waals surface area contributed by atoms with Crippen LogP contribution in [0.5, 0.6) is 0 Å². The molecule has 1 aromatic heterocycles. The highest BCUT2D eigenvalue weighted by Crippen LogP contribution is 2.21. The van der Waals surface area contributed by atoms with Gasteiger partial charge in [0.1, 0.15) is 5.69 Å². The summed E-state index contributed by atoms with van der Waals surface area (Å²) in [4.78, 5) is 45.4. The van der Waals surface area contributed by atoms with Crippen molar-refractivity contribution in [2.24, 2.45) is 0 Å². The van der Waals surface area contributed by atoms with Crippen LogP contribution in [0.1, 0.15) is 10.5 Å². The van der Waals surface area contributed by atoms with Crippen LogP contribution in [0.2, 0.25) is 5.02 Å². The van der Waals surface area contributed by atoms with Gasteiger partial charge in [-0.3, -0.25) is 14.4 Å². The molecule has 3 amide bonds. The van der Waals surface area contributed by atoms with Crippen LogP contribution in [-0.2, 0) is 14.3 Å². The third-order valence-corrected chi connectivity index (χ3v) is 5.39. The normalized spacial score (nSPS) is 17.8. The third kappa shape index (κ3) is 3.70. The molecule has 148 valence electrons. The summed E-state index contributed by atoms with van der Waals surface area (Å²) in [6.07, 6.45) is 0. The zero-order valence-corrected chi connectivity index (χ0v) is 16.1. The summed E-state index contributed by atoms with van der Waals surface area (Å²) < 4.78 is 5.21. The maximum atomic E-state index is 12.8. The Morgan fingerprint density at radius 3 is 2.14 bits per heavy atom. The van der Waals surface area contributed by atoms with Crippen LogP contribution in [0.4, 0.5) is 0 Å². The zero-order valence-electron chi connectivity index (χ0n) is 15.3. The van der Waals surface area contributed by atoms with Gasteiger partial charge in [0.15, 0.2) is 0 Å². The predicted octanol–water partition coefficient (Wildman–Crippen LogP) is 0.964. The minimum absolute atomic E-state index is 0.126. The molecule has 0 radical (unpaired) electrons. The van der Waals surface area contributed by atoms with Gasteiger partial charge in [0.25, 0.3) is 5.91 Å². The number of fused-ring (bicyclic) bond motifs is 1. The van der Waals surface area contributed by atoms with Crippen molar-refractivity contribution in [1.29, 1.82) is 0 Å². The Kier molecular flexibility index (Phi) is 5.23. The summed E-state index contributed by atoms with van der Waals surface area (Å²) >= 11 is 5.99. The smallest absolute Gasteiger partial charge is 0.312 e. The van der Waals surface area contributed by atoms with Gasteiger partial charge in [-0.25, -0.2) is 0 Å². The zero-order chi connectivity index (χ0) is 19.7. The van der Waals surface area contributed by atoms with Crippen LogP contribution < -0.4 is 0 Å². The molecule has 0 unspecified atom stereocenters. The molecule has 8 nitrogen and oxygen atoms in total. The highest BCUT2D eigenvalue weighted by Gasteiger charge is 2.31. The van der Waals surface area contributed by atoms with Crippen molar-refractivity contribution in [1.82, 2.24) is 19.7 Å². The van der Waals surface area contributed by atoms with Crippen molar-refractivity contribution in [2.75, 3.05) is 52.5 Å². The van der Waals surface area contributed by atoms with E-state index in [2.05, 4.69) is 4.98 Å². The average Bonchev–Trinajstić information content (AvgIpc) is 3.16. The number of hydrogen-bond acceptors (Lipinski definition) is 4. The second kappa shape index (κ2) is 7.81. The van der Waals surface area contributed by atoms with Gasteiger partial charge < -0.3 is 24.4 Å². The minimum Gasteiger partial charge on any atom is -0.378 e. The molecule has 0 aliphatic carbocycles. The second-order valence-corrected chi connectivity index (χ2v) is 7.34. The molecule has 1 aromatic carbocycles. The average molecular weight is 405 g/mol. The van der Waals surface area contributed by atoms with Gasteiger partial charge >= 0.3 is 11.8 Å². The van der Waals surface area contributed by atoms with Crippen molar-refractivity contribution in [3.05, 3.63) is 35.0 Å². The largest absolute Gasteiger partial charge is 0.378 e. The quantitative estimate of drug-likeness (QED) is 0.717. The number of rotatable bonds is 1. The first kappa shape index (κ1) is 18.8. The number of aromatic nitrogens is 1. The van der Waals surface area contributed by atoms with E-state index in [1.54, 1.807) is 23.1 Å². The number of carbonyl (C=O) groups excluding carboxylic acids is 3. The fraction of sp³-hybridized carbons (Fsp3) is 0.421. The lowest BCUT2D eigenvalue weighted by atomic mass is 10.2. The summed E-state index contributed by atoms with van der Waals surface area (Å²) in [5, 5.41) is 1.52. The van der Waals surface area contributed by atoms with Crippen molar-refractivity contribution in [2.45, 2.75) is 0 Å². The molecule has 0 spiro atoms. The maximum Gasteiger partial charge on any atom is 0.312 e. The Balaban J connectivity index is 1.37. The molecule has 0 saturated carbocycles. The standard InChI is InChI=1S/C19H21ClN4O4/c20-14-2-1-13-11-16(21-15(13)12-14)17(25)22-3-5-23(6-4-22)18(26)19(27)24-7-9-28-10-8-24/h1-2,11-12,21H,3-10H2. The van der Waals surface area contributed by atoms with Crippen LogP contribution in [0, 0.1) is 0 Å². The lowest BCUT2D eigenvalue weighted by molar-refractivity contribution is -0.154. The second-order valence-electron chi connectivity index (χ2n) is 6.90. The van der Waals surface area contributed by atoms with Crippen LogP contribution >= 0.6 is 11.6 Å². The Morgan fingerprint density at radius 1 is 0.857 bits per heavy atom. The van der Waals surface area contributed by atoms with E-state index in [1.807, 2.05) is 6.07 Å². The van der Waals surface area contributed by atoms with Crippen LogP contribution in [0.3, 0.4) is 0 Å². The highest BCUT2D eigenvalue weighted by molar-refractivity contribution is 6.35. The first-order valence-corrected chi connectivity index (χ1v) is 9.64. The van der Waals surface area contributed by atoms with E-state index in [-0.39, 0.29) is 5.91 Å². The number of nitrogens with zero attached hydrogens (tertiary/aromatic N) is 3. The molecular formula is C19H21ClN4O4. The van der Waals surface area contributed by atoms with E-state index in [1.165, 1.54) is 9.80 Å². The molecule has 2 fully saturated rings. The number of piperazine rings is 1. The van der Waals surface area contributed by atoms with Crippen molar-refractivity contribution < 1.29 is 19.1 Å². The fourth-order valence-corrected chi connectivity index (χ4v) is 3.71. The van der Waals surface area contributed by atoms with Gasteiger partial charge in [-0.15, -0.1) is 0 Å². The Labute approximate surface area is 167 Å². The molecule has 0 atom stereocenters. The fourth-order valence-electron chi connectivity index (χ4n) is 3.53. The van der Waals surface area contributed by atoms with E-state index in [0.717, 1.165) is 10.9 Å². The molecule has 0 bridgehead atoms. The highest BCUT2D eigenvalue weighted by atomic mass is 35.5. The first-order valence-electron chi connectivity index (χ1n) is 9.26. The Morgan fingerprint density at radius 2 is 1.46 bits per heavy atom. The van der Waals surface area contributed by atoms with Crippen molar-refractivity contribution in [3.8, 4) is 0 Å². The molecule has 28 heavy (non-hydrogen) atoms. The van der Waals surface area contributed by atoms with E-state index in [4.69, 9.17) is 16.3 Å². The van der Waals surface area contributed by atoms with Crippen molar-refractivity contribution in [3.63, 3.8) is 0 Å². The Hall–Kier alpha value is -2.58. The number of ether oxygens (including phenoxy) is 1. The van der Waals surface area contributed by atoms with Gasteiger partial charge in [0, 0.05) is 55.2 Å². The topological polar surface area (TPSA) is 86.0 Å². The van der Waals surface area contributed by atoms with Gasteiger partial charge in [-0.05, 0) is 18.2 Å². The van der Waals surface area contributed by atoms with E-state index in [0.29, 0.717) is 63.2 Å². The monoisotopic (exact) mass is 404 g/mol. The van der Waals surface area contributed by atoms with E-state index >= 15 is 0 Å². The molecular weight excluding hydrogens is 384 g/mol. The summed E-state index contributed by atoms with van der Waals surface area (Å²) in [5.74, 6) is -1.12. The number of hydrogen-bond donors (Lipinski definition) is 1. The molecule has 9 heteroatoms. The third-order valence-electron chi connectivity index (χ3n) is 5.15. The Bertz CT molecular complexity index is 914. The summed E-state index contributed by atoms with van der Waals surface area (Å²) in [7, 11) is 0. The number of morpholine rings is 1.